The Labute approximate surface area is 94.3 Å². The van der Waals surface area contributed by atoms with Crippen LogP contribution in [0.4, 0.5) is 4.39 Å². The van der Waals surface area contributed by atoms with Crippen LogP contribution < -0.4 is 5.73 Å². The Bertz CT molecular complexity index is 340. The smallest absolute Gasteiger partial charge is 0.128 e. The SMILES string of the molecule is NC(COC1CCOC1)c1ccccc1F. The van der Waals surface area contributed by atoms with E-state index >= 15 is 0 Å². The molecule has 16 heavy (non-hydrogen) atoms. The Morgan fingerprint density at radius 1 is 1.50 bits per heavy atom. The molecule has 2 unspecified atom stereocenters. The summed E-state index contributed by atoms with van der Waals surface area (Å²) < 4.78 is 24.1. The fourth-order valence-corrected chi connectivity index (χ4v) is 1.75. The highest BCUT2D eigenvalue weighted by Crippen LogP contribution is 2.17. The maximum absolute atomic E-state index is 13.4. The minimum absolute atomic E-state index is 0.109. The molecule has 1 heterocycles. The van der Waals surface area contributed by atoms with Gasteiger partial charge in [0, 0.05) is 12.2 Å². The predicted octanol–water partition coefficient (Wildman–Crippen LogP) is 1.63. The van der Waals surface area contributed by atoms with E-state index in [0.717, 1.165) is 13.0 Å². The van der Waals surface area contributed by atoms with E-state index < -0.39 is 6.04 Å². The second kappa shape index (κ2) is 5.39. The molecule has 0 amide bonds. The third-order valence-corrected chi connectivity index (χ3v) is 2.70. The third-order valence-electron chi connectivity index (χ3n) is 2.70. The summed E-state index contributed by atoms with van der Waals surface area (Å²) in [7, 11) is 0. The largest absolute Gasteiger partial charge is 0.379 e. The van der Waals surface area contributed by atoms with Gasteiger partial charge in [0.1, 0.15) is 5.82 Å². The van der Waals surface area contributed by atoms with Crippen molar-refractivity contribution in [3.8, 4) is 0 Å². The molecule has 2 rings (SSSR count). The molecule has 0 bridgehead atoms. The lowest BCUT2D eigenvalue weighted by atomic mass is 10.1. The number of hydrogen-bond donors (Lipinski definition) is 1. The van der Waals surface area contributed by atoms with Crippen LogP contribution in [-0.2, 0) is 9.47 Å². The summed E-state index contributed by atoms with van der Waals surface area (Å²) in [4.78, 5) is 0. The molecule has 88 valence electrons. The Kier molecular flexibility index (Phi) is 3.88. The van der Waals surface area contributed by atoms with E-state index in [1.807, 2.05) is 0 Å². The second-order valence-corrected chi connectivity index (χ2v) is 3.95. The van der Waals surface area contributed by atoms with Gasteiger partial charge in [0.05, 0.1) is 25.4 Å². The maximum Gasteiger partial charge on any atom is 0.128 e. The first-order valence-corrected chi connectivity index (χ1v) is 5.46. The van der Waals surface area contributed by atoms with Crippen molar-refractivity contribution >= 4 is 0 Å². The van der Waals surface area contributed by atoms with Crippen molar-refractivity contribution in [2.45, 2.75) is 18.6 Å². The van der Waals surface area contributed by atoms with Crippen LogP contribution >= 0.6 is 0 Å². The molecule has 1 aliphatic heterocycles. The molecule has 0 radical (unpaired) electrons. The summed E-state index contributed by atoms with van der Waals surface area (Å²) in [6.45, 7) is 1.68. The summed E-state index contributed by atoms with van der Waals surface area (Å²) >= 11 is 0. The molecule has 0 aromatic heterocycles. The lowest BCUT2D eigenvalue weighted by Crippen LogP contribution is -2.23. The summed E-state index contributed by atoms with van der Waals surface area (Å²) in [6, 6.07) is 6.11. The van der Waals surface area contributed by atoms with Crippen LogP contribution in [0.25, 0.3) is 0 Å². The van der Waals surface area contributed by atoms with Gasteiger partial charge >= 0.3 is 0 Å². The van der Waals surface area contributed by atoms with E-state index in [9.17, 15) is 4.39 Å². The van der Waals surface area contributed by atoms with Gasteiger partial charge in [-0.15, -0.1) is 0 Å². The zero-order valence-electron chi connectivity index (χ0n) is 9.06. The maximum atomic E-state index is 13.4. The molecular formula is C12H16FNO2. The molecule has 1 aromatic rings. The van der Waals surface area contributed by atoms with Crippen molar-refractivity contribution in [3.05, 3.63) is 35.6 Å². The average molecular weight is 225 g/mol. The summed E-state index contributed by atoms with van der Waals surface area (Å²) in [5.74, 6) is -0.277. The highest BCUT2D eigenvalue weighted by atomic mass is 19.1. The summed E-state index contributed by atoms with van der Waals surface area (Å²) in [5.41, 5.74) is 6.37. The fourth-order valence-electron chi connectivity index (χ4n) is 1.75. The Balaban J connectivity index is 1.87. The van der Waals surface area contributed by atoms with Crippen molar-refractivity contribution in [1.82, 2.24) is 0 Å². The number of hydrogen-bond acceptors (Lipinski definition) is 3. The molecule has 2 N–H and O–H groups in total. The van der Waals surface area contributed by atoms with Gasteiger partial charge in [0.25, 0.3) is 0 Å². The minimum Gasteiger partial charge on any atom is -0.379 e. The quantitative estimate of drug-likeness (QED) is 0.847. The van der Waals surface area contributed by atoms with Crippen molar-refractivity contribution in [2.24, 2.45) is 5.73 Å². The van der Waals surface area contributed by atoms with Gasteiger partial charge in [-0.1, -0.05) is 18.2 Å². The standard InChI is InChI=1S/C12H16FNO2/c13-11-4-2-1-3-10(11)12(14)8-16-9-5-6-15-7-9/h1-4,9,12H,5-8,14H2. The molecule has 3 nitrogen and oxygen atoms in total. The van der Waals surface area contributed by atoms with Crippen LogP contribution in [0.1, 0.15) is 18.0 Å². The number of ether oxygens (including phenoxy) is 2. The monoisotopic (exact) mass is 225 g/mol. The van der Waals surface area contributed by atoms with E-state index in [-0.39, 0.29) is 11.9 Å². The van der Waals surface area contributed by atoms with E-state index in [1.54, 1.807) is 18.2 Å². The van der Waals surface area contributed by atoms with E-state index in [4.69, 9.17) is 15.2 Å². The van der Waals surface area contributed by atoms with Crippen LogP contribution in [0.2, 0.25) is 0 Å². The van der Waals surface area contributed by atoms with Crippen LogP contribution in [0.15, 0.2) is 24.3 Å². The number of rotatable bonds is 4. The molecule has 1 fully saturated rings. The van der Waals surface area contributed by atoms with E-state index in [2.05, 4.69) is 0 Å². The molecule has 4 heteroatoms. The number of halogens is 1. The lowest BCUT2D eigenvalue weighted by Gasteiger charge is -2.16. The average Bonchev–Trinajstić information content (AvgIpc) is 2.79. The van der Waals surface area contributed by atoms with Gasteiger partial charge in [-0.25, -0.2) is 4.39 Å². The fraction of sp³-hybridized carbons (Fsp3) is 0.500. The van der Waals surface area contributed by atoms with Crippen molar-refractivity contribution < 1.29 is 13.9 Å². The van der Waals surface area contributed by atoms with Crippen molar-refractivity contribution in [2.75, 3.05) is 19.8 Å². The summed E-state index contributed by atoms with van der Waals surface area (Å²) in [5, 5.41) is 0. The Morgan fingerprint density at radius 3 is 3.00 bits per heavy atom. The minimum atomic E-state index is -0.415. The van der Waals surface area contributed by atoms with Gasteiger partial charge in [-0.05, 0) is 12.5 Å². The highest BCUT2D eigenvalue weighted by Gasteiger charge is 2.18. The van der Waals surface area contributed by atoms with Crippen LogP contribution in [0, 0.1) is 5.82 Å². The normalized spacial score (nSPS) is 22.2. The van der Waals surface area contributed by atoms with Gasteiger partial charge in [-0.2, -0.15) is 0 Å². The van der Waals surface area contributed by atoms with Crippen LogP contribution in [-0.4, -0.2) is 25.9 Å². The molecule has 0 saturated carbocycles. The second-order valence-electron chi connectivity index (χ2n) is 3.95. The first-order valence-electron chi connectivity index (χ1n) is 5.46. The topological polar surface area (TPSA) is 44.5 Å². The Morgan fingerprint density at radius 2 is 2.31 bits per heavy atom. The number of nitrogens with two attached hydrogens (primary N) is 1. The lowest BCUT2D eigenvalue weighted by molar-refractivity contribution is 0.0345. The predicted molar refractivity (Wildman–Crippen MR) is 58.5 cm³/mol. The molecule has 1 aromatic carbocycles. The number of benzene rings is 1. The van der Waals surface area contributed by atoms with E-state index in [0.29, 0.717) is 18.8 Å². The highest BCUT2D eigenvalue weighted by molar-refractivity contribution is 5.20. The molecule has 1 saturated heterocycles. The van der Waals surface area contributed by atoms with Gasteiger partial charge in [0.2, 0.25) is 0 Å². The molecule has 0 aliphatic carbocycles. The van der Waals surface area contributed by atoms with Crippen LogP contribution in [0.3, 0.4) is 0 Å². The van der Waals surface area contributed by atoms with E-state index in [1.165, 1.54) is 6.07 Å². The van der Waals surface area contributed by atoms with Crippen molar-refractivity contribution in [1.29, 1.82) is 0 Å². The summed E-state index contributed by atoms with van der Waals surface area (Å²) in [6.07, 6.45) is 1.00. The van der Waals surface area contributed by atoms with Gasteiger partial charge in [0.15, 0.2) is 0 Å². The first-order chi connectivity index (χ1) is 7.77. The molecule has 2 atom stereocenters. The third kappa shape index (κ3) is 2.78. The molecule has 0 spiro atoms. The first kappa shape index (κ1) is 11.5. The molecule has 1 aliphatic rings. The Hall–Kier alpha value is -0.970. The zero-order valence-corrected chi connectivity index (χ0v) is 9.06. The van der Waals surface area contributed by atoms with Gasteiger partial charge in [-0.3, -0.25) is 0 Å². The zero-order chi connectivity index (χ0) is 11.4. The van der Waals surface area contributed by atoms with Gasteiger partial charge < -0.3 is 15.2 Å². The van der Waals surface area contributed by atoms with Crippen LogP contribution in [0.5, 0.6) is 0 Å². The van der Waals surface area contributed by atoms with Crippen molar-refractivity contribution in [3.63, 3.8) is 0 Å². The molecular weight excluding hydrogens is 209 g/mol.